The molecule has 0 unspecified atom stereocenters. The number of hydrogen-bond donors (Lipinski definition) is 0. The Bertz CT molecular complexity index is 1530. The molecule has 0 bridgehead atoms. The zero-order valence-corrected chi connectivity index (χ0v) is 24.9. The van der Waals surface area contributed by atoms with E-state index in [0.29, 0.717) is 25.9 Å². The SMILES string of the molecule is CCN(CC1CCC(OC(C)=O)CC1)c1ncc(C(F)(F)F)cc1CN(Cc1cc(C#N)cc(C(F)(F)F)c1)c1nnn(C)n1. The molecule has 1 aliphatic rings. The molecule has 4 rings (SSSR count). The van der Waals surface area contributed by atoms with Gasteiger partial charge in [-0.25, -0.2) is 4.98 Å². The lowest BCUT2D eigenvalue weighted by Crippen LogP contribution is -2.35. The van der Waals surface area contributed by atoms with Crippen LogP contribution in [0.3, 0.4) is 0 Å². The zero-order chi connectivity index (χ0) is 32.9. The smallest absolute Gasteiger partial charge is 0.417 e. The number of anilines is 2. The van der Waals surface area contributed by atoms with Crippen molar-refractivity contribution >= 4 is 17.7 Å². The summed E-state index contributed by atoms with van der Waals surface area (Å²) in [5.41, 5.74) is -2.02. The van der Waals surface area contributed by atoms with E-state index >= 15 is 0 Å². The van der Waals surface area contributed by atoms with Crippen LogP contribution in [0.25, 0.3) is 0 Å². The van der Waals surface area contributed by atoms with Crippen LogP contribution < -0.4 is 9.80 Å². The molecule has 0 N–H and O–H groups in total. The highest BCUT2D eigenvalue weighted by molar-refractivity contribution is 5.66. The third-order valence-corrected chi connectivity index (χ3v) is 7.52. The fraction of sp³-hybridized carbons (Fsp3) is 0.517. The van der Waals surface area contributed by atoms with E-state index in [4.69, 9.17) is 4.74 Å². The third-order valence-electron chi connectivity index (χ3n) is 7.52. The van der Waals surface area contributed by atoms with Crippen molar-refractivity contribution in [2.45, 2.75) is 71.1 Å². The first-order valence-corrected chi connectivity index (χ1v) is 14.2. The van der Waals surface area contributed by atoms with Gasteiger partial charge in [0.05, 0.1) is 29.8 Å². The number of tetrazole rings is 1. The molecule has 242 valence electrons. The molecule has 1 fully saturated rings. The number of nitrogens with zero attached hydrogens (tertiary/aromatic N) is 8. The Kier molecular flexibility index (Phi) is 10.2. The zero-order valence-electron chi connectivity index (χ0n) is 24.9. The lowest BCUT2D eigenvalue weighted by molar-refractivity contribution is -0.148. The minimum Gasteiger partial charge on any atom is -0.463 e. The van der Waals surface area contributed by atoms with Crippen LogP contribution >= 0.6 is 0 Å². The van der Waals surface area contributed by atoms with Crippen LogP contribution in [0, 0.1) is 17.2 Å². The third kappa shape index (κ3) is 8.83. The molecule has 45 heavy (non-hydrogen) atoms. The molecule has 0 amide bonds. The number of nitriles is 1. The van der Waals surface area contributed by atoms with E-state index in [2.05, 4.69) is 20.4 Å². The number of halogens is 6. The maximum Gasteiger partial charge on any atom is 0.417 e. The molecule has 1 aliphatic carbocycles. The topological polar surface area (TPSA) is 113 Å². The van der Waals surface area contributed by atoms with Crippen molar-refractivity contribution < 1.29 is 35.9 Å². The first kappa shape index (κ1) is 33.5. The van der Waals surface area contributed by atoms with Gasteiger partial charge in [0.2, 0.25) is 0 Å². The van der Waals surface area contributed by atoms with Crippen molar-refractivity contribution in [3.8, 4) is 6.07 Å². The number of rotatable bonds is 10. The summed E-state index contributed by atoms with van der Waals surface area (Å²) in [7, 11) is 1.47. The fourth-order valence-electron chi connectivity index (χ4n) is 5.44. The number of carbonyl (C=O) groups is 1. The lowest BCUT2D eigenvalue weighted by atomic mass is 9.87. The first-order valence-electron chi connectivity index (χ1n) is 14.2. The fourth-order valence-corrected chi connectivity index (χ4v) is 5.44. The van der Waals surface area contributed by atoms with Crippen LogP contribution in [-0.2, 0) is 42.0 Å². The Labute approximate surface area is 255 Å². The van der Waals surface area contributed by atoms with Crippen LogP contribution in [0.15, 0.2) is 30.5 Å². The average molecular weight is 639 g/mol. The molecule has 2 aromatic heterocycles. The van der Waals surface area contributed by atoms with Crippen LogP contribution in [-0.4, -0.2) is 50.4 Å². The van der Waals surface area contributed by atoms with Gasteiger partial charge in [0.15, 0.2) is 0 Å². The Morgan fingerprint density at radius 1 is 1.02 bits per heavy atom. The van der Waals surface area contributed by atoms with E-state index in [1.807, 2.05) is 11.8 Å². The Morgan fingerprint density at radius 3 is 2.27 bits per heavy atom. The van der Waals surface area contributed by atoms with Gasteiger partial charge < -0.3 is 14.5 Å². The maximum absolute atomic E-state index is 13.9. The quantitative estimate of drug-likeness (QED) is 0.205. The van der Waals surface area contributed by atoms with Crippen molar-refractivity contribution in [2.75, 3.05) is 22.9 Å². The second-order valence-electron chi connectivity index (χ2n) is 11.0. The van der Waals surface area contributed by atoms with Gasteiger partial charge in [0, 0.05) is 44.9 Å². The summed E-state index contributed by atoms with van der Waals surface area (Å²) in [5, 5.41) is 21.2. The number of hydrogen-bond acceptors (Lipinski definition) is 9. The lowest BCUT2D eigenvalue weighted by Gasteiger charge is -2.34. The molecule has 1 saturated carbocycles. The summed E-state index contributed by atoms with van der Waals surface area (Å²) in [5.74, 6) is 0.0659. The van der Waals surface area contributed by atoms with Crippen LogP contribution in [0.2, 0.25) is 0 Å². The van der Waals surface area contributed by atoms with Gasteiger partial charge in [-0.2, -0.15) is 36.4 Å². The molecule has 0 saturated heterocycles. The summed E-state index contributed by atoms with van der Waals surface area (Å²) >= 11 is 0. The van der Waals surface area contributed by atoms with E-state index < -0.39 is 23.5 Å². The molecular weight excluding hydrogens is 606 g/mol. The van der Waals surface area contributed by atoms with Gasteiger partial charge >= 0.3 is 18.3 Å². The van der Waals surface area contributed by atoms with Crippen molar-refractivity contribution in [1.82, 2.24) is 25.2 Å². The number of pyridine rings is 1. The largest absolute Gasteiger partial charge is 0.463 e. The molecule has 2 heterocycles. The highest BCUT2D eigenvalue weighted by Crippen LogP contribution is 2.35. The van der Waals surface area contributed by atoms with Crippen LogP contribution in [0.4, 0.5) is 38.1 Å². The number of esters is 1. The van der Waals surface area contributed by atoms with Crippen LogP contribution in [0.5, 0.6) is 0 Å². The van der Waals surface area contributed by atoms with Crippen molar-refractivity contribution in [1.29, 1.82) is 5.26 Å². The molecule has 0 spiro atoms. The van der Waals surface area contributed by atoms with Gasteiger partial charge in [-0.1, -0.05) is 5.10 Å². The van der Waals surface area contributed by atoms with Crippen molar-refractivity contribution in [3.05, 3.63) is 58.3 Å². The van der Waals surface area contributed by atoms with Gasteiger partial charge in [-0.15, -0.1) is 5.10 Å². The van der Waals surface area contributed by atoms with Gasteiger partial charge in [-0.3, -0.25) is 4.79 Å². The molecule has 1 aromatic carbocycles. The van der Waals surface area contributed by atoms with E-state index in [0.717, 1.165) is 42.0 Å². The predicted octanol–water partition coefficient (Wildman–Crippen LogP) is 5.67. The Hall–Kier alpha value is -4.42. The number of alkyl halides is 6. The number of carbonyl (C=O) groups excluding carboxylic acids is 1. The minimum atomic E-state index is -4.73. The summed E-state index contributed by atoms with van der Waals surface area (Å²) in [4.78, 5) is 19.9. The molecule has 10 nitrogen and oxygen atoms in total. The number of benzene rings is 1. The van der Waals surface area contributed by atoms with Gasteiger partial charge in [-0.05, 0) is 73.6 Å². The molecule has 16 heteroatoms. The molecule has 0 aliphatic heterocycles. The van der Waals surface area contributed by atoms with Gasteiger partial charge in [0.25, 0.3) is 5.95 Å². The molecule has 3 aromatic rings. The average Bonchev–Trinajstić information content (AvgIpc) is 3.41. The molecule has 0 radical (unpaired) electrons. The first-order chi connectivity index (χ1) is 21.2. The highest BCUT2D eigenvalue weighted by atomic mass is 19.4. The monoisotopic (exact) mass is 638 g/mol. The normalized spacial score (nSPS) is 17.1. The summed E-state index contributed by atoms with van der Waals surface area (Å²) < 4.78 is 87.7. The highest BCUT2D eigenvalue weighted by Gasteiger charge is 2.34. The number of aryl methyl sites for hydroxylation is 1. The summed E-state index contributed by atoms with van der Waals surface area (Å²) in [6, 6.07) is 5.56. The second-order valence-corrected chi connectivity index (χ2v) is 11.0. The Morgan fingerprint density at radius 2 is 1.71 bits per heavy atom. The summed E-state index contributed by atoms with van der Waals surface area (Å²) in [6.45, 7) is 3.58. The van der Waals surface area contributed by atoms with Crippen LogP contribution in [0.1, 0.15) is 67.3 Å². The van der Waals surface area contributed by atoms with Crippen molar-refractivity contribution in [2.24, 2.45) is 13.0 Å². The van der Waals surface area contributed by atoms with Gasteiger partial charge in [0.1, 0.15) is 11.9 Å². The maximum atomic E-state index is 13.9. The minimum absolute atomic E-state index is 0.0383. The van der Waals surface area contributed by atoms with E-state index in [9.17, 15) is 36.4 Å². The predicted molar refractivity (Wildman–Crippen MR) is 149 cm³/mol. The van der Waals surface area contributed by atoms with Crippen molar-refractivity contribution in [3.63, 3.8) is 0 Å². The standard InChI is InChI=1S/C29H32F6N8O2/c1-4-42(15-19-5-7-25(8-6-19)45-18(2)44)26-22(12-24(14-37-26)29(33,34)35)17-43(27-38-40-41(3)39-27)16-21-9-20(13-36)10-23(11-21)28(30,31)32/h9-12,14,19,25H,4-8,15-17H2,1-3H3. The molecule has 0 atom stereocenters. The Balaban J connectivity index is 1.69. The molecular formula is C29H32F6N8O2. The van der Waals surface area contributed by atoms with E-state index in [1.165, 1.54) is 24.9 Å². The number of ether oxygens (including phenoxy) is 1. The number of aromatic nitrogens is 5. The second kappa shape index (κ2) is 13.7. The van der Waals surface area contributed by atoms with E-state index in [1.54, 1.807) is 6.07 Å². The summed E-state index contributed by atoms with van der Waals surface area (Å²) in [6.07, 6.45) is -6.01. The van der Waals surface area contributed by atoms with E-state index in [-0.39, 0.29) is 59.5 Å².